The number of halogens is 2. The Balaban J connectivity index is 2.81. The molecule has 3 nitrogen and oxygen atoms in total. The van der Waals surface area contributed by atoms with Crippen LogP contribution in [0.3, 0.4) is 0 Å². The zero-order valence-electron chi connectivity index (χ0n) is 10.1. The zero-order valence-corrected chi connectivity index (χ0v) is 11.6. The van der Waals surface area contributed by atoms with Crippen molar-refractivity contribution >= 4 is 29.1 Å². The summed E-state index contributed by atoms with van der Waals surface area (Å²) in [6.07, 6.45) is 0. The molecular weight excluding hydrogens is 259 g/mol. The molecule has 1 atom stereocenters. The summed E-state index contributed by atoms with van der Waals surface area (Å²) < 4.78 is 0. The van der Waals surface area contributed by atoms with Gasteiger partial charge in [-0.15, -0.1) is 0 Å². The summed E-state index contributed by atoms with van der Waals surface area (Å²) in [5.41, 5.74) is 0.961. The molecular formula is C12H16Cl2N2O. The van der Waals surface area contributed by atoms with E-state index in [2.05, 4.69) is 5.32 Å². The van der Waals surface area contributed by atoms with Gasteiger partial charge >= 0.3 is 0 Å². The molecule has 1 aromatic carbocycles. The van der Waals surface area contributed by atoms with Gasteiger partial charge in [-0.1, -0.05) is 29.3 Å². The number of nitrogens with zero attached hydrogens (tertiary/aromatic N) is 1. The number of carbonyl (C=O) groups excluding carboxylic acids is 1. The van der Waals surface area contributed by atoms with Crippen molar-refractivity contribution in [2.45, 2.75) is 13.0 Å². The second-order valence-corrected chi connectivity index (χ2v) is 4.77. The average molecular weight is 275 g/mol. The molecule has 1 amide bonds. The Morgan fingerprint density at radius 2 is 2.12 bits per heavy atom. The van der Waals surface area contributed by atoms with Crippen molar-refractivity contribution in [3.8, 4) is 0 Å². The van der Waals surface area contributed by atoms with Crippen molar-refractivity contribution < 1.29 is 4.79 Å². The molecule has 1 aromatic rings. The highest BCUT2D eigenvalue weighted by Crippen LogP contribution is 2.28. The number of benzene rings is 1. The molecule has 0 aromatic heterocycles. The molecule has 1 N–H and O–H groups in total. The lowest BCUT2D eigenvalue weighted by Crippen LogP contribution is -2.34. The van der Waals surface area contributed by atoms with Gasteiger partial charge in [-0.3, -0.25) is 9.69 Å². The molecule has 17 heavy (non-hydrogen) atoms. The summed E-state index contributed by atoms with van der Waals surface area (Å²) >= 11 is 12.0. The summed E-state index contributed by atoms with van der Waals surface area (Å²) in [5.74, 6) is -0.0237. The highest BCUT2D eigenvalue weighted by Gasteiger charge is 2.16. The Hall–Kier alpha value is -0.770. The molecule has 0 fully saturated rings. The van der Waals surface area contributed by atoms with Crippen molar-refractivity contribution in [2.75, 3.05) is 20.6 Å². The fourth-order valence-electron chi connectivity index (χ4n) is 1.52. The normalized spacial score (nSPS) is 12.6. The minimum atomic E-state index is -0.0237. The van der Waals surface area contributed by atoms with Gasteiger partial charge in [-0.2, -0.15) is 0 Å². The maximum Gasteiger partial charge on any atom is 0.233 e. The molecule has 1 rings (SSSR count). The second kappa shape index (κ2) is 6.24. The first kappa shape index (κ1) is 14.3. The Bertz CT molecular complexity index is 409. The molecule has 0 saturated heterocycles. The number of hydrogen-bond acceptors (Lipinski definition) is 2. The van der Waals surface area contributed by atoms with Crippen molar-refractivity contribution in [1.82, 2.24) is 10.2 Å². The summed E-state index contributed by atoms with van der Waals surface area (Å²) in [6, 6.07) is 5.45. The van der Waals surface area contributed by atoms with Gasteiger partial charge in [0.2, 0.25) is 5.91 Å². The molecule has 0 aliphatic heterocycles. The van der Waals surface area contributed by atoms with Crippen molar-refractivity contribution in [2.24, 2.45) is 0 Å². The number of likely N-dealkylation sites (N-methyl/N-ethyl adjacent to an activating group) is 2. The predicted molar refractivity (Wildman–Crippen MR) is 71.6 cm³/mol. The number of nitrogens with one attached hydrogen (secondary N) is 1. The van der Waals surface area contributed by atoms with E-state index in [0.717, 1.165) is 5.56 Å². The largest absolute Gasteiger partial charge is 0.358 e. The Morgan fingerprint density at radius 1 is 1.47 bits per heavy atom. The molecule has 0 saturated carbocycles. The quantitative estimate of drug-likeness (QED) is 0.916. The molecule has 94 valence electrons. The van der Waals surface area contributed by atoms with E-state index in [1.807, 2.05) is 24.9 Å². The molecule has 0 radical (unpaired) electrons. The van der Waals surface area contributed by atoms with Crippen LogP contribution in [-0.4, -0.2) is 31.4 Å². The van der Waals surface area contributed by atoms with E-state index in [-0.39, 0.29) is 11.9 Å². The van der Waals surface area contributed by atoms with Crippen LogP contribution >= 0.6 is 23.2 Å². The maximum atomic E-state index is 11.3. The third-order valence-corrected chi connectivity index (χ3v) is 3.31. The van der Waals surface area contributed by atoms with Crippen LogP contribution in [0.1, 0.15) is 18.5 Å². The van der Waals surface area contributed by atoms with E-state index < -0.39 is 0 Å². The SMILES string of the molecule is CNC(=O)CN(C)[C@H](C)c1ccc(Cl)cc1Cl. The number of hydrogen-bond donors (Lipinski definition) is 1. The minimum Gasteiger partial charge on any atom is -0.358 e. The van der Waals surface area contributed by atoms with Crippen LogP contribution in [-0.2, 0) is 4.79 Å². The van der Waals surface area contributed by atoms with Crippen LogP contribution in [0.15, 0.2) is 18.2 Å². The van der Waals surface area contributed by atoms with E-state index in [4.69, 9.17) is 23.2 Å². The van der Waals surface area contributed by atoms with Gasteiger partial charge in [0.05, 0.1) is 6.54 Å². The van der Waals surface area contributed by atoms with Gasteiger partial charge in [-0.05, 0) is 31.7 Å². The average Bonchev–Trinajstić information content (AvgIpc) is 2.28. The molecule has 0 bridgehead atoms. The van der Waals surface area contributed by atoms with Crippen LogP contribution in [0.2, 0.25) is 10.0 Å². The summed E-state index contributed by atoms with van der Waals surface area (Å²) in [4.78, 5) is 13.2. The molecule has 0 heterocycles. The van der Waals surface area contributed by atoms with Crippen LogP contribution in [0.25, 0.3) is 0 Å². The van der Waals surface area contributed by atoms with E-state index in [0.29, 0.717) is 16.6 Å². The third-order valence-electron chi connectivity index (χ3n) is 2.75. The van der Waals surface area contributed by atoms with Crippen molar-refractivity contribution in [3.63, 3.8) is 0 Å². The lowest BCUT2D eigenvalue weighted by atomic mass is 10.1. The van der Waals surface area contributed by atoms with E-state index in [9.17, 15) is 4.79 Å². The van der Waals surface area contributed by atoms with E-state index in [1.54, 1.807) is 19.2 Å². The van der Waals surface area contributed by atoms with Crippen LogP contribution in [0.4, 0.5) is 0 Å². The zero-order chi connectivity index (χ0) is 13.0. The fraction of sp³-hybridized carbons (Fsp3) is 0.417. The van der Waals surface area contributed by atoms with Gasteiger partial charge in [0, 0.05) is 23.1 Å². The first-order valence-electron chi connectivity index (χ1n) is 5.31. The maximum absolute atomic E-state index is 11.3. The van der Waals surface area contributed by atoms with Gasteiger partial charge < -0.3 is 5.32 Å². The highest BCUT2D eigenvalue weighted by atomic mass is 35.5. The number of carbonyl (C=O) groups is 1. The summed E-state index contributed by atoms with van der Waals surface area (Å²) in [7, 11) is 3.50. The van der Waals surface area contributed by atoms with Crippen LogP contribution < -0.4 is 5.32 Å². The van der Waals surface area contributed by atoms with Crippen LogP contribution in [0.5, 0.6) is 0 Å². The third kappa shape index (κ3) is 3.87. The molecule has 5 heteroatoms. The first-order valence-corrected chi connectivity index (χ1v) is 6.07. The van der Waals surface area contributed by atoms with Crippen LogP contribution in [0, 0.1) is 0 Å². The Labute approximate surface area is 112 Å². The fourth-order valence-corrected chi connectivity index (χ4v) is 2.09. The second-order valence-electron chi connectivity index (χ2n) is 3.93. The summed E-state index contributed by atoms with van der Waals surface area (Å²) in [5, 5.41) is 3.82. The Morgan fingerprint density at radius 3 is 2.65 bits per heavy atom. The molecule has 0 aliphatic carbocycles. The predicted octanol–water partition coefficient (Wildman–Crippen LogP) is 2.73. The van der Waals surface area contributed by atoms with Gasteiger partial charge in [0.25, 0.3) is 0 Å². The standard InChI is InChI=1S/C12H16Cl2N2O/c1-8(16(3)7-12(17)15-2)10-5-4-9(13)6-11(10)14/h4-6,8H,7H2,1-3H3,(H,15,17)/t8-/m1/s1. The highest BCUT2D eigenvalue weighted by molar-refractivity contribution is 6.35. The monoisotopic (exact) mass is 274 g/mol. The van der Waals surface area contributed by atoms with E-state index >= 15 is 0 Å². The Kier molecular flexibility index (Phi) is 5.25. The summed E-state index contributed by atoms with van der Waals surface area (Å²) in [6.45, 7) is 2.33. The van der Waals surface area contributed by atoms with Gasteiger partial charge in [-0.25, -0.2) is 0 Å². The molecule has 0 spiro atoms. The smallest absolute Gasteiger partial charge is 0.233 e. The van der Waals surface area contributed by atoms with Gasteiger partial charge in [0.15, 0.2) is 0 Å². The number of rotatable bonds is 4. The minimum absolute atomic E-state index is 0.0237. The molecule has 0 unspecified atom stereocenters. The van der Waals surface area contributed by atoms with Gasteiger partial charge in [0.1, 0.15) is 0 Å². The molecule has 0 aliphatic rings. The van der Waals surface area contributed by atoms with Crippen molar-refractivity contribution in [3.05, 3.63) is 33.8 Å². The number of amides is 1. The lowest BCUT2D eigenvalue weighted by Gasteiger charge is -2.25. The van der Waals surface area contributed by atoms with E-state index in [1.165, 1.54) is 0 Å². The topological polar surface area (TPSA) is 32.3 Å². The lowest BCUT2D eigenvalue weighted by molar-refractivity contribution is -0.121. The first-order chi connectivity index (χ1) is 7.95. The van der Waals surface area contributed by atoms with Crippen molar-refractivity contribution in [1.29, 1.82) is 0 Å².